The quantitative estimate of drug-likeness (QED) is 0.282. The van der Waals surface area contributed by atoms with Crippen LogP contribution in [0, 0.1) is 0 Å². The summed E-state index contributed by atoms with van der Waals surface area (Å²) in [6.07, 6.45) is 8.56. The first-order valence-electron chi connectivity index (χ1n) is 12.9. The second kappa shape index (κ2) is 10.4. The molecule has 6 rings (SSSR count). The predicted molar refractivity (Wildman–Crippen MR) is 146 cm³/mol. The van der Waals surface area contributed by atoms with Crippen molar-refractivity contribution < 1.29 is 14.6 Å². The molecule has 8 nitrogen and oxygen atoms in total. The highest BCUT2D eigenvalue weighted by molar-refractivity contribution is 5.81. The first-order valence-corrected chi connectivity index (χ1v) is 12.9. The summed E-state index contributed by atoms with van der Waals surface area (Å²) in [4.78, 5) is 16.6. The zero-order valence-corrected chi connectivity index (χ0v) is 21.0. The van der Waals surface area contributed by atoms with Gasteiger partial charge in [-0.2, -0.15) is 5.10 Å². The van der Waals surface area contributed by atoms with Gasteiger partial charge in [-0.05, 0) is 72.5 Å². The summed E-state index contributed by atoms with van der Waals surface area (Å²) in [5.41, 5.74) is 5.00. The van der Waals surface area contributed by atoms with Crippen molar-refractivity contribution in [2.75, 3.05) is 18.5 Å². The summed E-state index contributed by atoms with van der Waals surface area (Å²) < 4.78 is 9.84. The molecule has 2 aromatic carbocycles. The highest BCUT2D eigenvalue weighted by Crippen LogP contribution is 2.30. The summed E-state index contributed by atoms with van der Waals surface area (Å²) in [6, 6.07) is 21.4. The molecule has 0 aliphatic carbocycles. The molecular weight excluding hydrogens is 478 g/mol. The SMILES string of the molecule is O=C(O)CC(c1cccc(-n2cccc2)c1)n1ncc2cc(OCCc3ccc4c(n3)NCCC4)ccc21. The number of fused-ring (bicyclic) bond motifs is 2. The van der Waals surface area contributed by atoms with Crippen LogP contribution in [0.1, 0.15) is 35.7 Å². The van der Waals surface area contributed by atoms with Gasteiger partial charge in [-0.15, -0.1) is 0 Å². The van der Waals surface area contributed by atoms with Gasteiger partial charge in [0.2, 0.25) is 0 Å². The molecule has 5 aromatic rings. The Bertz CT molecular complexity index is 1570. The molecule has 4 heterocycles. The maximum Gasteiger partial charge on any atom is 0.305 e. The second-order valence-electron chi connectivity index (χ2n) is 9.55. The lowest BCUT2D eigenvalue weighted by molar-refractivity contribution is -0.137. The van der Waals surface area contributed by atoms with Gasteiger partial charge in [-0.1, -0.05) is 18.2 Å². The number of hydrogen-bond acceptors (Lipinski definition) is 5. The van der Waals surface area contributed by atoms with E-state index in [1.807, 2.05) is 71.6 Å². The number of nitrogens with zero attached hydrogens (tertiary/aromatic N) is 4. The smallest absolute Gasteiger partial charge is 0.305 e. The molecule has 38 heavy (non-hydrogen) atoms. The van der Waals surface area contributed by atoms with Crippen molar-refractivity contribution in [3.8, 4) is 11.4 Å². The molecule has 192 valence electrons. The lowest BCUT2D eigenvalue weighted by Gasteiger charge is -2.19. The Morgan fingerprint density at radius 1 is 1.08 bits per heavy atom. The Labute approximate surface area is 220 Å². The van der Waals surface area contributed by atoms with Crippen LogP contribution in [0.3, 0.4) is 0 Å². The molecule has 0 saturated carbocycles. The molecule has 0 bridgehead atoms. The average molecular weight is 508 g/mol. The van der Waals surface area contributed by atoms with Crippen LogP contribution in [0.4, 0.5) is 5.82 Å². The van der Waals surface area contributed by atoms with E-state index in [4.69, 9.17) is 9.72 Å². The highest BCUT2D eigenvalue weighted by Gasteiger charge is 2.21. The topological polar surface area (TPSA) is 94.2 Å². The molecule has 1 aliphatic heterocycles. The predicted octanol–water partition coefficient (Wildman–Crippen LogP) is 5.27. The molecule has 0 fully saturated rings. The van der Waals surface area contributed by atoms with Gasteiger partial charge in [0, 0.05) is 42.1 Å². The van der Waals surface area contributed by atoms with Crippen LogP contribution >= 0.6 is 0 Å². The van der Waals surface area contributed by atoms with E-state index in [2.05, 4.69) is 22.5 Å². The summed E-state index contributed by atoms with van der Waals surface area (Å²) >= 11 is 0. The van der Waals surface area contributed by atoms with Crippen molar-refractivity contribution >= 4 is 22.7 Å². The molecule has 3 aromatic heterocycles. The van der Waals surface area contributed by atoms with Gasteiger partial charge in [0.25, 0.3) is 0 Å². The molecule has 1 unspecified atom stereocenters. The summed E-state index contributed by atoms with van der Waals surface area (Å²) in [5.74, 6) is 0.867. The van der Waals surface area contributed by atoms with E-state index in [0.717, 1.165) is 58.8 Å². The minimum absolute atomic E-state index is 0.0766. The normalized spacial score (nSPS) is 13.6. The Balaban J connectivity index is 1.20. The van der Waals surface area contributed by atoms with Crippen LogP contribution < -0.4 is 10.1 Å². The molecule has 1 atom stereocenters. The number of hydrogen-bond donors (Lipinski definition) is 2. The Morgan fingerprint density at radius 2 is 1.97 bits per heavy atom. The van der Waals surface area contributed by atoms with Crippen LogP contribution in [-0.2, 0) is 17.6 Å². The number of pyridine rings is 1. The molecule has 2 N–H and O–H groups in total. The van der Waals surface area contributed by atoms with E-state index >= 15 is 0 Å². The van der Waals surface area contributed by atoms with Crippen LogP contribution in [0.25, 0.3) is 16.6 Å². The number of aromatic nitrogens is 4. The number of anilines is 1. The third kappa shape index (κ3) is 4.98. The third-order valence-electron chi connectivity index (χ3n) is 6.97. The Hall–Kier alpha value is -4.59. The number of carbonyl (C=O) groups is 1. The number of nitrogens with one attached hydrogen (secondary N) is 1. The first-order chi connectivity index (χ1) is 18.6. The number of ether oxygens (including phenoxy) is 1. The average Bonchev–Trinajstić information content (AvgIpc) is 3.62. The van der Waals surface area contributed by atoms with Crippen molar-refractivity contribution in [2.45, 2.75) is 31.7 Å². The van der Waals surface area contributed by atoms with Crippen molar-refractivity contribution in [3.63, 3.8) is 0 Å². The molecule has 1 aliphatic rings. The van der Waals surface area contributed by atoms with Crippen molar-refractivity contribution in [3.05, 3.63) is 102 Å². The van der Waals surface area contributed by atoms with Gasteiger partial charge in [0.05, 0.1) is 30.8 Å². The summed E-state index contributed by atoms with van der Waals surface area (Å²) in [7, 11) is 0. The van der Waals surface area contributed by atoms with E-state index in [1.54, 1.807) is 10.9 Å². The van der Waals surface area contributed by atoms with Gasteiger partial charge in [0.15, 0.2) is 0 Å². The van der Waals surface area contributed by atoms with Gasteiger partial charge in [0.1, 0.15) is 11.6 Å². The van der Waals surface area contributed by atoms with Crippen molar-refractivity contribution in [1.29, 1.82) is 0 Å². The molecular formula is C30H29N5O3. The number of benzene rings is 2. The fourth-order valence-corrected chi connectivity index (χ4v) is 5.06. The van der Waals surface area contributed by atoms with Crippen molar-refractivity contribution in [2.24, 2.45) is 0 Å². The fraction of sp³-hybridized carbons (Fsp3) is 0.233. The minimum atomic E-state index is -0.879. The first kappa shape index (κ1) is 23.8. The van der Waals surface area contributed by atoms with Gasteiger partial charge >= 0.3 is 5.97 Å². The van der Waals surface area contributed by atoms with E-state index < -0.39 is 12.0 Å². The number of aryl methyl sites for hydroxylation is 1. The molecule has 0 saturated heterocycles. The van der Waals surface area contributed by atoms with Gasteiger partial charge in [-0.3, -0.25) is 9.48 Å². The Kier molecular flexibility index (Phi) is 6.52. The monoisotopic (exact) mass is 507 g/mol. The fourth-order valence-electron chi connectivity index (χ4n) is 5.06. The van der Waals surface area contributed by atoms with E-state index in [1.165, 1.54) is 5.56 Å². The van der Waals surface area contributed by atoms with E-state index in [-0.39, 0.29) is 6.42 Å². The van der Waals surface area contributed by atoms with Crippen LogP contribution in [-0.4, -0.2) is 43.6 Å². The summed E-state index contributed by atoms with van der Waals surface area (Å²) in [5, 5.41) is 18.6. The molecule has 0 radical (unpaired) electrons. The zero-order valence-electron chi connectivity index (χ0n) is 21.0. The number of aliphatic carboxylic acids is 1. The third-order valence-corrected chi connectivity index (χ3v) is 6.97. The van der Waals surface area contributed by atoms with Crippen LogP contribution in [0.15, 0.2) is 85.3 Å². The van der Waals surface area contributed by atoms with Crippen LogP contribution in [0.2, 0.25) is 0 Å². The second-order valence-corrected chi connectivity index (χ2v) is 9.55. The van der Waals surface area contributed by atoms with Crippen molar-refractivity contribution in [1.82, 2.24) is 19.3 Å². The molecule has 8 heteroatoms. The lowest BCUT2D eigenvalue weighted by Crippen LogP contribution is -2.16. The molecule has 0 amide bonds. The van der Waals surface area contributed by atoms with Gasteiger partial charge < -0.3 is 19.7 Å². The minimum Gasteiger partial charge on any atom is -0.493 e. The Morgan fingerprint density at radius 3 is 2.84 bits per heavy atom. The van der Waals surface area contributed by atoms with Crippen LogP contribution in [0.5, 0.6) is 5.75 Å². The van der Waals surface area contributed by atoms with E-state index in [9.17, 15) is 9.90 Å². The van der Waals surface area contributed by atoms with E-state index in [0.29, 0.717) is 13.0 Å². The summed E-state index contributed by atoms with van der Waals surface area (Å²) in [6.45, 7) is 1.48. The highest BCUT2D eigenvalue weighted by atomic mass is 16.5. The number of carboxylic acids is 1. The largest absolute Gasteiger partial charge is 0.493 e. The number of rotatable bonds is 9. The zero-order chi connectivity index (χ0) is 25.9. The van der Waals surface area contributed by atoms with Gasteiger partial charge in [-0.25, -0.2) is 4.98 Å². The standard InChI is InChI=1S/C30H29N5O3/c36-29(37)19-28(22-5-3-7-25(17-22)34-14-1-2-15-34)35-27-11-10-26(18-23(27)20-32-35)38-16-12-24-9-8-21-6-4-13-31-30(21)33-24/h1-3,5,7-11,14-15,17-18,20,28H,4,6,12-13,16,19H2,(H,31,33)(H,36,37). The number of carboxylic acid groups (broad SMARTS) is 1. The maximum atomic E-state index is 11.8. The lowest BCUT2D eigenvalue weighted by atomic mass is 10.0. The maximum absolute atomic E-state index is 11.8. The molecule has 0 spiro atoms.